The molecular formula is C22H12F6O4. The summed E-state index contributed by atoms with van der Waals surface area (Å²) in [5, 5.41) is 17.9. The first-order valence-corrected chi connectivity index (χ1v) is 8.79. The number of carboxylic acids is 2. The van der Waals surface area contributed by atoms with Crippen LogP contribution in [-0.4, -0.2) is 22.2 Å². The van der Waals surface area contributed by atoms with E-state index in [0.717, 1.165) is 48.5 Å². The van der Waals surface area contributed by atoms with E-state index in [1.54, 1.807) is 0 Å². The molecule has 0 atom stereocenters. The Hall–Kier alpha value is -3.82. The average molecular weight is 454 g/mol. The van der Waals surface area contributed by atoms with Gasteiger partial charge in [-0.3, -0.25) is 0 Å². The van der Waals surface area contributed by atoms with Crippen LogP contribution in [0.1, 0.15) is 31.8 Å². The molecule has 166 valence electrons. The van der Waals surface area contributed by atoms with Gasteiger partial charge in [0, 0.05) is 0 Å². The van der Waals surface area contributed by atoms with Gasteiger partial charge in [0.1, 0.15) is 0 Å². The van der Waals surface area contributed by atoms with Crippen LogP contribution < -0.4 is 0 Å². The first-order valence-electron chi connectivity index (χ1n) is 8.79. The maximum absolute atomic E-state index is 13.8. The van der Waals surface area contributed by atoms with Crippen LogP contribution in [0.15, 0.2) is 60.7 Å². The standard InChI is InChI=1S/C22H12F6O4/c23-21(24,25)17-10-16(12-3-7-14(8-4-12)20(31)32)18(22(26,27)28)9-15(17)11-1-5-13(6-2-11)19(29)30/h1-10H,(H,29,30)(H,31,32). The van der Waals surface area contributed by atoms with E-state index in [0.29, 0.717) is 12.1 Å². The van der Waals surface area contributed by atoms with Gasteiger partial charge in [0.25, 0.3) is 0 Å². The molecule has 0 aliphatic heterocycles. The van der Waals surface area contributed by atoms with Crippen molar-refractivity contribution in [3.05, 3.63) is 82.9 Å². The van der Waals surface area contributed by atoms with Gasteiger partial charge in [-0.1, -0.05) is 24.3 Å². The van der Waals surface area contributed by atoms with E-state index in [9.17, 15) is 35.9 Å². The van der Waals surface area contributed by atoms with Crippen molar-refractivity contribution in [2.75, 3.05) is 0 Å². The van der Waals surface area contributed by atoms with Gasteiger partial charge in [-0.2, -0.15) is 26.3 Å². The van der Waals surface area contributed by atoms with Crippen molar-refractivity contribution >= 4 is 11.9 Å². The average Bonchev–Trinajstić information content (AvgIpc) is 2.71. The van der Waals surface area contributed by atoms with Crippen molar-refractivity contribution in [1.82, 2.24) is 0 Å². The normalized spacial score (nSPS) is 11.9. The predicted octanol–water partition coefficient (Wildman–Crippen LogP) is 6.45. The molecule has 0 radical (unpaired) electrons. The topological polar surface area (TPSA) is 74.6 Å². The molecule has 0 saturated carbocycles. The molecule has 0 bridgehead atoms. The zero-order valence-corrected chi connectivity index (χ0v) is 15.8. The maximum atomic E-state index is 13.8. The number of halogens is 6. The van der Waals surface area contributed by atoms with Gasteiger partial charge in [-0.05, 0) is 58.7 Å². The second-order valence-corrected chi connectivity index (χ2v) is 6.70. The maximum Gasteiger partial charge on any atom is 0.417 e. The van der Waals surface area contributed by atoms with Crippen LogP contribution in [0.5, 0.6) is 0 Å². The van der Waals surface area contributed by atoms with Gasteiger partial charge < -0.3 is 10.2 Å². The van der Waals surface area contributed by atoms with E-state index < -0.39 is 46.5 Å². The Labute approximate surface area is 176 Å². The fourth-order valence-corrected chi connectivity index (χ4v) is 3.13. The Kier molecular flexibility index (Phi) is 5.73. The van der Waals surface area contributed by atoms with Crippen LogP contribution in [0, 0.1) is 0 Å². The Morgan fingerprint density at radius 2 is 0.844 bits per heavy atom. The summed E-state index contributed by atoms with van der Waals surface area (Å²) in [5.74, 6) is -2.69. The molecule has 0 heterocycles. The molecule has 0 aliphatic carbocycles. The third-order valence-electron chi connectivity index (χ3n) is 4.65. The lowest BCUT2D eigenvalue weighted by molar-refractivity contribution is -0.140. The number of benzene rings is 3. The van der Waals surface area contributed by atoms with Crippen LogP contribution in [0.3, 0.4) is 0 Å². The highest BCUT2D eigenvalue weighted by Crippen LogP contribution is 2.45. The number of rotatable bonds is 4. The minimum Gasteiger partial charge on any atom is -0.478 e. The smallest absolute Gasteiger partial charge is 0.417 e. The first-order chi connectivity index (χ1) is 14.8. The Balaban J connectivity index is 2.29. The number of carbonyl (C=O) groups is 2. The Morgan fingerprint density at radius 1 is 0.562 bits per heavy atom. The van der Waals surface area contributed by atoms with E-state index in [1.165, 1.54) is 0 Å². The molecule has 3 aromatic rings. The summed E-state index contributed by atoms with van der Waals surface area (Å²) in [5.41, 5.74) is -5.24. The van der Waals surface area contributed by atoms with Crippen molar-refractivity contribution < 1.29 is 46.1 Å². The van der Waals surface area contributed by atoms with E-state index >= 15 is 0 Å². The molecule has 0 spiro atoms. The van der Waals surface area contributed by atoms with Gasteiger partial charge in [-0.15, -0.1) is 0 Å². The molecule has 2 N–H and O–H groups in total. The second kappa shape index (κ2) is 8.03. The van der Waals surface area contributed by atoms with Crippen LogP contribution in [0.4, 0.5) is 26.3 Å². The largest absolute Gasteiger partial charge is 0.478 e. The highest BCUT2D eigenvalue weighted by Gasteiger charge is 2.40. The lowest BCUT2D eigenvalue weighted by Crippen LogP contribution is -2.13. The van der Waals surface area contributed by atoms with Crippen molar-refractivity contribution in [2.45, 2.75) is 12.4 Å². The van der Waals surface area contributed by atoms with Gasteiger partial charge in [0.05, 0.1) is 22.3 Å². The molecule has 0 amide bonds. The van der Waals surface area contributed by atoms with Crippen LogP contribution in [-0.2, 0) is 12.4 Å². The van der Waals surface area contributed by atoms with Gasteiger partial charge in [0.15, 0.2) is 0 Å². The molecule has 4 nitrogen and oxygen atoms in total. The van der Waals surface area contributed by atoms with E-state index in [4.69, 9.17) is 10.2 Å². The molecule has 32 heavy (non-hydrogen) atoms. The second-order valence-electron chi connectivity index (χ2n) is 6.70. The van der Waals surface area contributed by atoms with Gasteiger partial charge in [0.2, 0.25) is 0 Å². The minimum absolute atomic E-state index is 0.242. The van der Waals surface area contributed by atoms with Crippen molar-refractivity contribution in [3.63, 3.8) is 0 Å². The Morgan fingerprint density at radius 3 is 1.06 bits per heavy atom. The van der Waals surface area contributed by atoms with E-state index in [1.807, 2.05) is 0 Å². The van der Waals surface area contributed by atoms with Crippen LogP contribution in [0.25, 0.3) is 22.3 Å². The van der Waals surface area contributed by atoms with E-state index in [2.05, 4.69) is 0 Å². The third kappa shape index (κ3) is 4.58. The SMILES string of the molecule is O=C(O)c1ccc(-c2cc(C(F)(F)F)c(-c3ccc(C(=O)O)cc3)cc2C(F)(F)F)cc1. The fourth-order valence-electron chi connectivity index (χ4n) is 3.13. The number of hydrogen-bond acceptors (Lipinski definition) is 2. The first kappa shape index (κ1) is 22.9. The number of alkyl halides is 6. The quantitative estimate of drug-likeness (QED) is 0.444. The zero-order valence-electron chi connectivity index (χ0n) is 15.8. The minimum atomic E-state index is -5.03. The molecule has 0 aliphatic rings. The van der Waals surface area contributed by atoms with Crippen LogP contribution >= 0.6 is 0 Å². The number of aromatic carboxylic acids is 2. The molecule has 3 aromatic carbocycles. The number of carboxylic acid groups (broad SMARTS) is 2. The molecule has 0 aromatic heterocycles. The summed E-state index contributed by atoms with van der Waals surface area (Å²) in [6, 6.07) is 8.66. The van der Waals surface area contributed by atoms with Crippen LogP contribution in [0.2, 0.25) is 0 Å². The number of hydrogen-bond donors (Lipinski definition) is 2. The van der Waals surface area contributed by atoms with Crippen molar-refractivity contribution in [1.29, 1.82) is 0 Å². The lowest BCUT2D eigenvalue weighted by Gasteiger charge is -2.20. The fraction of sp³-hybridized carbons (Fsp3) is 0.0909. The summed E-state index contributed by atoms with van der Waals surface area (Å²) < 4.78 is 82.7. The Bertz CT molecular complexity index is 1080. The molecule has 10 heteroatoms. The van der Waals surface area contributed by atoms with Crippen molar-refractivity contribution in [3.8, 4) is 22.3 Å². The predicted molar refractivity (Wildman–Crippen MR) is 101 cm³/mol. The molecule has 0 saturated heterocycles. The van der Waals surface area contributed by atoms with Gasteiger partial charge >= 0.3 is 24.3 Å². The highest BCUT2D eigenvalue weighted by atomic mass is 19.4. The molecule has 0 fully saturated rings. The van der Waals surface area contributed by atoms with E-state index in [-0.39, 0.29) is 22.3 Å². The summed E-state index contributed by atoms with van der Waals surface area (Å²) >= 11 is 0. The summed E-state index contributed by atoms with van der Waals surface area (Å²) in [7, 11) is 0. The highest BCUT2D eigenvalue weighted by molar-refractivity contribution is 5.89. The molecular weight excluding hydrogens is 442 g/mol. The molecule has 0 unspecified atom stereocenters. The third-order valence-corrected chi connectivity index (χ3v) is 4.65. The monoisotopic (exact) mass is 454 g/mol. The van der Waals surface area contributed by atoms with Crippen molar-refractivity contribution in [2.24, 2.45) is 0 Å². The summed E-state index contributed by atoms with van der Waals surface area (Å²) in [4.78, 5) is 21.9. The van der Waals surface area contributed by atoms with Gasteiger partial charge in [-0.25, -0.2) is 9.59 Å². The summed E-state index contributed by atoms with van der Waals surface area (Å²) in [6.45, 7) is 0. The zero-order chi connectivity index (χ0) is 23.8. The summed E-state index contributed by atoms with van der Waals surface area (Å²) in [6.07, 6.45) is -10.1. The lowest BCUT2D eigenvalue weighted by atomic mass is 9.89. The molecule has 3 rings (SSSR count).